The highest BCUT2D eigenvalue weighted by molar-refractivity contribution is 5.51. The van der Waals surface area contributed by atoms with Crippen LogP contribution in [0.4, 0.5) is 5.69 Å². The van der Waals surface area contributed by atoms with E-state index in [1.807, 2.05) is 11.0 Å². The van der Waals surface area contributed by atoms with Gasteiger partial charge in [0, 0.05) is 19.2 Å². The summed E-state index contributed by atoms with van der Waals surface area (Å²) in [4.78, 5) is 16.0. The second kappa shape index (κ2) is 5.35. The predicted octanol–water partition coefficient (Wildman–Crippen LogP) is 0.965. The first-order valence-corrected chi connectivity index (χ1v) is 5.57. The molecule has 7 nitrogen and oxygen atoms in total. The zero-order valence-electron chi connectivity index (χ0n) is 10.00. The summed E-state index contributed by atoms with van der Waals surface area (Å²) in [5.74, 6) is 1.00. The number of hydrogen-bond donors (Lipinski definition) is 1. The van der Waals surface area contributed by atoms with E-state index in [9.17, 15) is 10.1 Å². The van der Waals surface area contributed by atoms with Gasteiger partial charge in [0.1, 0.15) is 0 Å². The van der Waals surface area contributed by atoms with Gasteiger partial charge in [-0.15, -0.1) is 0 Å². The summed E-state index contributed by atoms with van der Waals surface area (Å²) in [6.07, 6.45) is 3.53. The standard InChI is InChI=1S/C11H14N4O3/c1-18-11-4-3-9(7-13-11)14-6-2-5-12-10(14)8-15(16)17/h3-4,7-8,12H,2,5-6H2,1H3. The average molecular weight is 250 g/mol. The predicted molar refractivity (Wildman–Crippen MR) is 65.8 cm³/mol. The second-order valence-electron chi connectivity index (χ2n) is 3.79. The Morgan fingerprint density at radius 2 is 2.44 bits per heavy atom. The summed E-state index contributed by atoms with van der Waals surface area (Å²) >= 11 is 0. The van der Waals surface area contributed by atoms with Crippen molar-refractivity contribution in [1.29, 1.82) is 0 Å². The van der Waals surface area contributed by atoms with Crippen molar-refractivity contribution in [2.24, 2.45) is 0 Å². The summed E-state index contributed by atoms with van der Waals surface area (Å²) < 4.78 is 4.98. The Hall–Kier alpha value is -2.31. The van der Waals surface area contributed by atoms with Gasteiger partial charge in [0.2, 0.25) is 5.88 Å². The zero-order valence-corrected chi connectivity index (χ0v) is 10.00. The maximum atomic E-state index is 10.6. The van der Waals surface area contributed by atoms with Crippen LogP contribution in [0.2, 0.25) is 0 Å². The van der Waals surface area contributed by atoms with Crippen molar-refractivity contribution in [3.8, 4) is 5.88 Å². The Bertz CT molecular complexity index is 458. The number of pyridine rings is 1. The lowest BCUT2D eigenvalue weighted by atomic mass is 10.2. The zero-order chi connectivity index (χ0) is 13.0. The minimum absolute atomic E-state index is 0.461. The lowest BCUT2D eigenvalue weighted by Gasteiger charge is -2.30. The number of nitrogens with one attached hydrogen (secondary N) is 1. The van der Waals surface area contributed by atoms with Crippen LogP contribution < -0.4 is 15.0 Å². The Kier molecular flexibility index (Phi) is 3.61. The number of anilines is 1. The first-order chi connectivity index (χ1) is 8.70. The van der Waals surface area contributed by atoms with E-state index < -0.39 is 4.92 Å². The molecule has 0 aliphatic carbocycles. The lowest BCUT2D eigenvalue weighted by Crippen LogP contribution is -2.39. The molecular formula is C11H14N4O3. The van der Waals surface area contributed by atoms with Gasteiger partial charge < -0.3 is 15.0 Å². The largest absolute Gasteiger partial charge is 0.481 e. The van der Waals surface area contributed by atoms with Crippen LogP contribution in [0.3, 0.4) is 0 Å². The number of nitro groups is 1. The van der Waals surface area contributed by atoms with Crippen molar-refractivity contribution in [1.82, 2.24) is 10.3 Å². The molecule has 96 valence electrons. The Labute approximate surface area is 104 Å². The van der Waals surface area contributed by atoms with Crippen LogP contribution in [0.1, 0.15) is 6.42 Å². The van der Waals surface area contributed by atoms with E-state index in [1.54, 1.807) is 19.4 Å². The smallest absolute Gasteiger partial charge is 0.274 e. The van der Waals surface area contributed by atoms with Crippen molar-refractivity contribution < 1.29 is 9.66 Å². The van der Waals surface area contributed by atoms with E-state index in [0.29, 0.717) is 11.7 Å². The van der Waals surface area contributed by atoms with Gasteiger partial charge >= 0.3 is 0 Å². The molecule has 1 N–H and O–H groups in total. The summed E-state index contributed by atoms with van der Waals surface area (Å²) in [7, 11) is 1.54. The molecular weight excluding hydrogens is 236 g/mol. The highest BCUT2D eigenvalue weighted by atomic mass is 16.6. The topological polar surface area (TPSA) is 80.5 Å². The molecule has 7 heteroatoms. The molecule has 1 fully saturated rings. The van der Waals surface area contributed by atoms with E-state index in [2.05, 4.69) is 10.3 Å². The van der Waals surface area contributed by atoms with Crippen LogP contribution in [0.15, 0.2) is 30.4 Å². The van der Waals surface area contributed by atoms with E-state index in [4.69, 9.17) is 4.74 Å². The minimum Gasteiger partial charge on any atom is -0.481 e. The van der Waals surface area contributed by atoms with Crippen LogP contribution in [0.25, 0.3) is 0 Å². The van der Waals surface area contributed by atoms with Gasteiger partial charge in [-0.25, -0.2) is 4.98 Å². The number of methoxy groups -OCH3 is 1. The fraction of sp³-hybridized carbons (Fsp3) is 0.364. The lowest BCUT2D eigenvalue weighted by molar-refractivity contribution is -0.403. The van der Waals surface area contributed by atoms with E-state index in [1.165, 1.54) is 0 Å². The quantitative estimate of drug-likeness (QED) is 0.636. The number of ether oxygens (including phenoxy) is 1. The van der Waals surface area contributed by atoms with Crippen LogP contribution >= 0.6 is 0 Å². The van der Waals surface area contributed by atoms with Crippen LogP contribution in [0.5, 0.6) is 5.88 Å². The molecule has 0 amide bonds. The molecule has 2 rings (SSSR count). The molecule has 0 unspecified atom stereocenters. The van der Waals surface area contributed by atoms with Crippen molar-refractivity contribution >= 4 is 5.69 Å². The molecule has 2 heterocycles. The van der Waals surface area contributed by atoms with Gasteiger partial charge in [0.25, 0.3) is 6.20 Å². The summed E-state index contributed by atoms with van der Waals surface area (Å²) in [5.41, 5.74) is 0.802. The van der Waals surface area contributed by atoms with E-state index in [-0.39, 0.29) is 0 Å². The maximum absolute atomic E-state index is 10.6. The highest BCUT2D eigenvalue weighted by Crippen LogP contribution is 2.21. The molecule has 1 saturated heterocycles. The SMILES string of the molecule is COc1ccc(N2CCCNC2=C[N+](=O)[O-])cn1. The summed E-state index contributed by atoms with van der Waals surface area (Å²) in [6, 6.07) is 3.56. The fourth-order valence-corrected chi connectivity index (χ4v) is 1.81. The van der Waals surface area contributed by atoms with Gasteiger partial charge in [-0.2, -0.15) is 0 Å². The van der Waals surface area contributed by atoms with Crippen LogP contribution in [-0.2, 0) is 0 Å². The third-order valence-electron chi connectivity index (χ3n) is 2.62. The van der Waals surface area contributed by atoms with Gasteiger partial charge in [-0.3, -0.25) is 10.1 Å². The van der Waals surface area contributed by atoms with Gasteiger partial charge in [-0.1, -0.05) is 0 Å². The molecule has 0 spiro atoms. The Balaban J connectivity index is 2.25. The maximum Gasteiger partial charge on any atom is 0.274 e. The molecule has 18 heavy (non-hydrogen) atoms. The third kappa shape index (κ3) is 2.68. The van der Waals surface area contributed by atoms with Crippen molar-refractivity contribution in [3.63, 3.8) is 0 Å². The average Bonchev–Trinajstić information content (AvgIpc) is 2.39. The van der Waals surface area contributed by atoms with E-state index in [0.717, 1.165) is 31.4 Å². The van der Waals surface area contributed by atoms with Crippen molar-refractivity contribution in [3.05, 3.63) is 40.5 Å². The summed E-state index contributed by atoms with van der Waals surface area (Å²) in [6.45, 7) is 1.46. The van der Waals surface area contributed by atoms with Gasteiger partial charge in [0.15, 0.2) is 5.82 Å². The number of nitrogens with zero attached hydrogens (tertiary/aromatic N) is 3. The van der Waals surface area contributed by atoms with E-state index >= 15 is 0 Å². The number of hydrogen-bond acceptors (Lipinski definition) is 6. The molecule has 1 aliphatic rings. The summed E-state index contributed by atoms with van der Waals surface area (Å²) in [5, 5.41) is 13.6. The number of rotatable bonds is 3. The minimum atomic E-state index is -0.461. The third-order valence-corrected chi connectivity index (χ3v) is 2.62. The molecule has 0 radical (unpaired) electrons. The highest BCUT2D eigenvalue weighted by Gasteiger charge is 2.19. The molecule has 1 aliphatic heterocycles. The monoisotopic (exact) mass is 250 g/mol. The number of aromatic nitrogens is 1. The second-order valence-corrected chi connectivity index (χ2v) is 3.79. The van der Waals surface area contributed by atoms with Crippen LogP contribution in [-0.4, -0.2) is 30.1 Å². The first-order valence-electron chi connectivity index (χ1n) is 5.57. The molecule has 0 bridgehead atoms. The Morgan fingerprint density at radius 1 is 1.61 bits per heavy atom. The Morgan fingerprint density at radius 3 is 3.06 bits per heavy atom. The van der Waals surface area contributed by atoms with Crippen molar-refractivity contribution in [2.45, 2.75) is 6.42 Å². The van der Waals surface area contributed by atoms with Gasteiger partial charge in [0.05, 0.1) is 23.9 Å². The molecule has 0 atom stereocenters. The van der Waals surface area contributed by atoms with Gasteiger partial charge in [-0.05, 0) is 12.5 Å². The molecule has 0 aromatic carbocycles. The fourth-order valence-electron chi connectivity index (χ4n) is 1.81. The molecule has 0 saturated carbocycles. The normalized spacial score (nSPS) is 17.4. The van der Waals surface area contributed by atoms with Crippen LogP contribution in [0, 0.1) is 10.1 Å². The first kappa shape index (κ1) is 12.2. The molecule has 1 aromatic rings. The molecule has 1 aromatic heterocycles. The van der Waals surface area contributed by atoms with Crippen molar-refractivity contribution in [2.75, 3.05) is 25.1 Å².